The van der Waals surface area contributed by atoms with Crippen LogP contribution in [0.2, 0.25) is 0 Å². The Morgan fingerprint density at radius 2 is 1.33 bits per heavy atom. The van der Waals surface area contributed by atoms with E-state index in [1.165, 1.54) is 70.6 Å². The van der Waals surface area contributed by atoms with Crippen molar-refractivity contribution >= 4 is 5.91 Å². The van der Waals surface area contributed by atoms with Crippen LogP contribution >= 0.6 is 0 Å². The van der Waals surface area contributed by atoms with E-state index in [9.17, 15) is 4.79 Å². The highest BCUT2D eigenvalue weighted by molar-refractivity contribution is 5.75. The van der Waals surface area contributed by atoms with Crippen LogP contribution in [0, 0.1) is 0 Å². The number of amides is 1. The van der Waals surface area contributed by atoms with Gasteiger partial charge in [0.2, 0.25) is 5.91 Å². The number of aliphatic hydroxyl groups excluding tert-OH is 1. The molecular formula is C23H46N2O2. The second kappa shape index (κ2) is 23.2. The van der Waals surface area contributed by atoms with Crippen LogP contribution < -0.4 is 10.6 Å². The fourth-order valence-corrected chi connectivity index (χ4v) is 3.06. The molecule has 0 rings (SSSR count). The number of unbranched alkanes of at least 4 members (excludes halogenated alkanes) is 11. The van der Waals surface area contributed by atoms with Gasteiger partial charge in [0, 0.05) is 26.1 Å². The van der Waals surface area contributed by atoms with Crippen molar-refractivity contribution in [3.05, 3.63) is 12.2 Å². The second-order valence-electron chi connectivity index (χ2n) is 7.51. The van der Waals surface area contributed by atoms with Gasteiger partial charge in [0.15, 0.2) is 0 Å². The van der Waals surface area contributed by atoms with Gasteiger partial charge in [-0.3, -0.25) is 4.79 Å². The van der Waals surface area contributed by atoms with Crippen LogP contribution in [0.25, 0.3) is 0 Å². The Hall–Kier alpha value is -0.870. The molecule has 0 atom stereocenters. The molecule has 1 amide bonds. The summed E-state index contributed by atoms with van der Waals surface area (Å²) in [6, 6.07) is 0. The molecule has 0 fully saturated rings. The smallest absolute Gasteiger partial charge is 0.220 e. The minimum Gasteiger partial charge on any atom is -0.396 e. The van der Waals surface area contributed by atoms with Crippen molar-refractivity contribution in [3.63, 3.8) is 0 Å². The molecule has 0 heterocycles. The Labute approximate surface area is 168 Å². The van der Waals surface area contributed by atoms with E-state index in [-0.39, 0.29) is 12.5 Å². The van der Waals surface area contributed by atoms with Gasteiger partial charge in [0.05, 0.1) is 0 Å². The number of aliphatic hydroxyl groups is 1. The fraction of sp³-hybridized carbons (Fsp3) is 0.870. The highest BCUT2D eigenvalue weighted by atomic mass is 16.3. The summed E-state index contributed by atoms with van der Waals surface area (Å²) in [4.78, 5) is 11.7. The first kappa shape index (κ1) is 26.1. The zero-order valence-corrected chi connectivity index (χ0v) is 17.9. The topological polar surface area (TPSA) is 61.4 Å². The lowest BCUT2D eigenvalue weighted by Crippen LogP contribution is -2.32. The zero-order valence-electron chi connectivity index (χ0n) is 17.9. The molecule has 0 saturated heterocycles. The predicted molar refractivity (Wildman–Crippen MR) is 117 cm³/mol. The Morgan fingerprint density at radius 1 is 0.741 bits per heavy atom. The van der Waals surface area contributed by atoms with Gasteiger partial charge in [-0.2, -0.15) is 0 Å². The van der Waals surface area contributed by atoms with E-state index in [4.69, 9.17) is 5.11 Å². The van der Waals surface area contributed by atoms with Gasteiger partial charge >= 0.3 is 0 Å². The molecule has 0 aromatic rings. The van der Waals surface area contributed by atoms with Crippen LogP contribution in [-0.2, 0) is 4.79 Å². The number of carbonyl (C=O) groups excluding carboxylic acids is 1. The van der Waals surface area contributed by atoms with Crippen molar-refractivity contribution in [1.82, 2.24) is 10.6 Å². The summed E-state index contributed by atoms with van der Waals surface area (Å²) in [5.41, 5.74) is 0. The summed E-state index contributed by atoms with van der Waals surface area (Å²) in [7, 11) is 0. The second-order valence-corrected chi connectivity index (χ2v) is 7.51. The summed E-state index contributed by atoms with van der Waals surface area (Å²) in [6.07, 6.45) is 22.8. The molecule has 4 nitrogen and oxygen atoms in total. The highest BCUT2D eigenvalue weighted by Gasteiger charge is 2.00. The van der Waals surface area contributed by atoms with Crippen molar-refractivity contribution in [3.8, 4) is 0 Å². The minimum atomic E-state index is 0.164. The largest absolute Gasteiger partial charge is 0.396 e. The lowest BCUT2D eigenvalue weighted by molar-refractivity contribution is -0.121. The van der Waals surface area contributed by atoms with Crippen molar-refractivity contribution < 1.29 is 9.90 Å². The van der Waals surface area contributed by atoms with Gasteiger partial charge in [-0.25, -0.2) is 0 Å². The SMILES string of the molecule is CCCCCCCC/C=C\CCCCCCCC(=O)NCCNCCCO. The number of hydrogen-bond acceptors (Lipinski definition) is 3. The van der Waals surface area contributed by atoms with Crippen molar-refractivity contribution in [2.75, 3.05) is 26.2 Å². The first-order chi connectivity index (χ1) is 13.3. The summed E-state index contributed by atoms with van der Waals surface area (Å²) in [5, 5.41) is 14.8. The van der Waals surface area contributed by atoms with Gasteiger partial charge in [-0.05, 0) is 45.1 Å². The molecule has 0 aromatic heterocycles. The van der Waals surface area contributed by atoms with Crippen molar-refractivity contribution in [2.45, 2.75) is 103 Å². The molecule has 0 aliphatic heterocycles. The maximum absolute atomic E-state index is 11.7. The lowest BCUT2D eigenvalue weighted by atomic mass is 10.1. The minimum absolute atomic E-state index is 0.164. The van der Waals surface area contributed by atoms with Crippen LogP contribution in [0.1, 0.15) is 103 Å². The Balaban J connectivity index is 3.19. The molecule has 0 bridgehead atoms. The third-order valence-electron chi connectivity index (χ3n) is 4.80. The van der Waals surface area contributed by atoms with E-state index in [1.54, 1.807) is 0 Å². The van der Waals surface area contributed by atoms with Gasteiger partial charge in [0.1, 0.15) is 0 Å². The number of nitrogens with one attached hydrogen (secondary N) is 2. The van der Waals surface area contributed by atoms with E-state index in [2.05, 4.69) is 29.7 Å². The first-order valence-corrected chi connectivity index (χ1v) is 11.5. The number of carbonyl (C=O) groups is 1. The van der Waals surface area contributed by atoms with E-state index in [0.717, 1.165) is 32.4 Å². The van der Waals surface area contributed by atoms with Gasteiger partial charge in [-0.1, -0.05) is 70.4 Å². The quantitative estimate of drug-likeness (QED) is 0.191. The third kappa shape index (κ3) is 23.1. The van der Waals surface area contributed by atoms with Gasteiger partial charge < -0.3 is 15.7 Å². The van der Waals surface area contributed by atoms with Crippen LogP contribution in [0.4, 0.5) is 0 Å². The van der Waals surface area contributed by atoms with Gasteiger partial charge in [-0.15, -0.1) is 0 Å². The molecule has 0 spiro atoms. The maximum Gasteiger partial charge on any atom is 0.220 e. The van der Waals surface area contributed by atoms with E-state index in [0.29, 0.717) is 13.0 Å². The Morgan fingerprint density at radius 3 is 1.96 bits per heavy atom. The summed E-state index contributed by atoms with van der Waals surface area (Å²) in [5.74, 6) is 0.164. The number of allylic oxidation sites excluding steroid dienone is 2. The van der Waals surface area contributed by atoms with E-state index >= 15 is 0 Å². The molecule has 0 aliphatic carbocycles. The number of rotatable bonds is 21. The maximum atomic E-state index is 11.7. The highest BCUT2D eigenvalue weighted by Crippen LogP contribution is 2.09. The van der Waals surface area contributed by atoms with Gasteiger partial charge in [0.25, 0.3) is 0 Å². The average Bonchev–Trinajstić information content (AvgIpc) is 2.67. The molecule has 0 radical (unpaired) electrons. The molecule has 160 valence electrons. The number of hydrogen-bond donors (Lipinski definition) is 3. The molecule has 4 heteroatoms. The third-order valence-corrected chi connectivity index (χ3v) is 4.80. The molecule has 27 heavy (non-hydrogen) atoms. The zero-order chi connectivity index (χ0) is 19.8. The first-order valence-electron chi connectivity index (χ1n) is 11.5. The lowest BCUT2D eigenvalue weighted by Gasteiger charge is -2.06. The summed E-state index contributed by atoms with van der Waals surface area (Å²) in [6.45, 7) is 4.74. The fourth-order valence-electron chi connectivity index (χ4n) is 3.06. The average molecular weight is 383 g/mol. The summed E-state index contributed by atoms with van der Waals surface area (Å²) < 4.78 is 0. The standard InChI is InChI=1S/C23H46N2O2/c1-2-3-4-5-6-7-8-9-10-11-12-13-14-15-16-18-23(27)25-21-20-24-19-17-22-26/h9-10,24,26H,2-8,11-22H2,1H3,(H,25,27)/b10-9-. The molecule has 0 aliphatic rings. The van der Waals surface area contributed by atoms with Crippen LogP contribution in [0.5, 0.6) is 0 Å². The van der Waals surface area contributed by atoms with Crippen LogP contribution in [0.3, 0.4) is 0 Å². The van der Waals surface area contributed by atoms with Crippen LogP contribution in [0.15, 0.2) is 12.2 Å². The molecule has 0 unspecified atom stereocenters. The molecule has 3 N–H and O–H groups in total. The van der Waals surface area contributed by atoms with Crippen LogP contribution in [-0.4, -0.2) is 37.3 Å². The molecule has 0 aromatic carbocycles. The summed E-state index contributed by atoms with van der Waals surface area (Å²) >= 11 is 0. The van der Waals surface area contributed by atoms with E-state index < -0.39 is 0 Å². The van der Waals surface area contributed by atoms with E-state index in [1.807, 2.05) is 0 Å². The predicted octanol–water partition coefficient (Wildman–Crippen LogP) is 5.11. The Kier molecular flexibility index (Phi) is 22.4. The van der Waals surface area contributed by atoms with Crippen molar-refractivity contribution in [1.29, 1.82) is 0 Å². The monoisotopic (exact) mass is 382 g/mol. The molecule has 0 saturated carbocycles. The normalized spacial score (nSPS) is 11.3. The molecular weight excluding hydrogens is 336 g/mol. The van der Waals surface area contributed by atoms with Crippen molar-refractivity contribution in [2.24, 2.45) is 0 Å². The Bertz CT molecular complexity index is 332.